The highest BCUT2D eigenvalue weighted by atomic mass is 32.2. The summed E-state index contributed by atoms with van der Waals surface area (Å²) in [5.41, 5.74) is -0.325. The minimum atomic E-state index is -4.35. The van der Waals surface area contributed by atoms with E-state index < -0.39 is 32.1 Å². The maximum Gasteiger partial charge on any atom is 0.387 e. The first-order chi connectivity index (χ1) is 14.7. The van der Waals surface area contributed by atoms with Crippen molar-refractivity contribution in [1.29, 1.82) is 0 Å². The Morgan fingerprint density at radius 2 is 1.84 bits per heavy atom. The van der Waals surface area contributed by atoms with Crippen LogP contribution in [0.15, 0.2) is 35.2 Å². The molecule has 0 atom stereocenters. The third-order valence-corrected chi connectivity index (χ3v) is 5.66. The number of halogens is 2. The molecule has 31 heavy (non-hydrogen) atoms. The number of nitro benzene ring substituents is 1. The number of nitro groups is 1. The fraction of sp³-hybridized carbons (Fsp3) is 0.333. The summed E-state index contributed by atoms with van der Waals surface area (Å²) in [6, 6.07) is 5.91. The average Bonchev–Trinajstić information content (AvgIpc) is 2.96. The van der Waals surface area contributed by atoms with Crippen molar-refractivity contribution in [3.05, 3.63) is 46.0 Å². The summed E-state index contributed by atoms with van der Waals surface area (Å²) >= 11 is 0. The molecule has 13 heteroatoms. The lowest BCUT2D eigenvalue weighted by Crippen LogP contribution is -2.24. The summed E-state index contributed by atoms with van der Waals surface area (Å²) in [6.07, 6.45) is 0.538. The Hall–Kier alpha value is -3.19. The van der Waals surface area contributed by atoms with Gasteiger partial charge in [0.25, 0.3) is 5.69 Å². The fourth-order valence-corrected chi connectivity index (χ4v) is 3.99. The van der Waals surface area contributed by atoms with Crippen molar-refractivity contribution in [2.24, 2.45) is 0 Å². The third kappa shape index (κ3) is 5.30. The van der Waals surface area contributed by atoms with E-state index in [-0.39, 0.29) is 42.8 Å². The Morgan fingerprint density at radius 3 is 2.45 bits per heavy atom. The summed E-state index contributed by atoms with van der Waals surface area (Å²) in [5.74, 6) is -0.0812. The molecule has 0 aliphatic carbocycles. The van der Waals surface area contributed by atoms with Crippen LogP contribution in [0.4, 0.5) is 14.5 Å². The number of methoxy groups -OCH3 is 1. The van der Waals surface area contributed by atoms with E-state index in [1.807, 2.05) is 0 Å². The Morgan fingerprint density at radius 1 is 1.16 bits per heavy atom. The molecule has 0 amide bonds. The Bertz CT molecular complexity index is 1080. The first-order valence-electron chi connectivity index (χ1n) is 8.90. The third-order valence-electron chi connectivity index (χ3n) is 4.23. The van der Waals surface area contributed by atoms with Crippen LogP contribution in [0.5, 0.6) is 23.0 Å². The number of nitrogens with zero attached hydrogens (tertiary/aromatic N) is 1. The maximum atomic E-state index is 12.8. The summed E-state index contributed by atoms with van der Waals surface area (Å²) in [7, 11) is -3.11. The predicted octanol–water partition coefficient (Wildman–Crippen LogP) is 2.84. The molecule has 3 rings (SSSR count). The van der Waals surface area contributed by atoms with Gasteiger partial charge >= 0.3 is 6.61 Å². The number of nitrogens with one attached hydrogen (secondary N) is 1. The highest BCUT2D eigenvalue weighted by molar-refractivity contribution is 7.89. The fourth-order valence-electron chi connectivity index (χ4n) is 2.81. The van der Waals surface area contributed by atoms with Crippen LogP contribution in [0.25, 0.3) is 0 Å². The lowest BCUT2D eigenvalue weighted by molar-refractivity contribution is -0.387. The van der Waals surface area contributed by atoms with Gasteiger partial charge in [0, 0.05) is 19.0 Å². The average molecular weight is 460 g/mol. The number of alkyl halides is 2. The smallest absolute Gasteiger partial charge is 0.387 e. The summed E-state index contributed by atoms with van der Waals surface area (Å²) in [4.78, 5) is 10.0. The molecule has 2 aromatic carbocycles. The van der Waals surface area contributed by atoms with Crippen LogP contribution in [-0.2, 0) is 16.6 Å². The molecule has 0 radical (unpaired) electrons. The monoisotopic (exact) mass is 460 g/mol. The lowest BCUT2D eigenvalue weighted by atomic mass is 10.2. The van der Waals surface area contributed by atoms with E-state index in [2.05, 4.69) is 9.46 Å². The molecule has 2 aromatic rings. The van der Waals surface area contributed by atoms with Gasteiger partial charge in [0.15, 0.2) is 27.9 Å². The molecule has 1 aliphatic rings. The van der Waals surface area contributed by atoms with Gasteiger partial charge in [-0.3, -0.25) is 10.1 Å². The van der Waals surface area contributed by atoms with Gasteiger partial charge in [0.1, 0.15) is 0 Å². The maximum absolute atomic E-state index is 12.8. The van der Waals surface area contributed by atoms with Gasteiger partial charge in [0.05, 0.1) is 31.3 Å². The number of rotatable bonds is 8. The van der Waals surface area contributed by atoms with Crippen molar-refractivity contribution in [3.63, 3.8) is 0 Å². The Labute approximate surface area is 175 Å². The summed E-state index contributed by atoms with van der Waals surface area (Å²) < 4.78 is 72.8. The van der Waals surface area contributed by atoms with E-state index in [0.717, 1.165) is 12.1 Å². The van der Waals surface area contributed by atoms with E-state index in [0.29, 0.717) is 12.0 Å². The van der Waals surface area contributed by atoms with Gasteiger partial charge in [-0.1, -0.05) is 6.07 Å². The van der Waals surface area contributed by atoms with Gasteiger partial charge in [-0.15, -0.1) is 0 Å². The largest absolute Gasteiger partial charge is 0.493 e. The first kappa shape index (κ1) is 22.5. The van der Waals surface area contributed by atoms with Crippen LogP contribution >= 0.6 is 0 Å². The topological polar surface area (TPSA) is 126 Å². The van der Waals surface area contributed by atoms with Crippen molar-refractivity contribution >= 4 is 15.7 Å². The van der Waals surface area contributed by atoms with Gasteiger partial charge in [-0.05, 0) is 17.7 Å². The Balaban J connectivity index is 1.87. The van der Waals surface area contributed by atoms with E-state index in [1.165, 1.54) is 25.3 Å². The van der Waals surface area contributed by atoms with E-state index >= 15 is 0 Å². The molecule has 1 N–H and O–H groups in total. The molecular formula is C18H18F2N2O8S. The first-order valence-corrected chi connectivity index (χ1v) is 10.4. The molecule has 1 aliphatic heterocycles. The SMILES string of the molecule is COc1cc(CNS(=O)(=O)c2cc3c(cc2[N+](=O)[O-])OCCCO3)ccc1OC(F)F. The normalized spacial score (nSPS) is 13.5. The molecule has 10 nitrogen and oxygen atoms in total. The number of benzene rings is 2. The van der Waals surface area contributed by atoms with E-state index in [1.54, 1.807) is 0 Å². The summed E-state index contributed by atoms with van der Waals surface area (Å²) in [6.45, 7) is -2.80. The molecule has 0 spiro atoms. The van der Waals surface area contributed by atoms with Crippen molar-refractivity contribution in [2.75, 3.05) is 20.3 Å². The van der Waals surface area contributed by atoms with Crippen LogP contribution in [-0.4, -0.2) is 40.3 Å². The van der Waals surface area contributed by atoms with Crippen LogP contribution < -0.4 is 23.7 Å². The van der Waals surface area contributed by atoms with Gasteiger partial charge in [-0.25, -0.2) is 13.1 Å². The molecule has 168 valence electrons. The van der Waals surface area contributed by atoms with Crippen LogP contribution in [0.3, 0.4) is 0 Å². The number of hydrogen-bond donors (Lipinski definition) is 1. The molecule has 0 fully saturated rings. The molecule has 0 unspecified atom stereocenters. The molecule has 0 aromatic heterocycles. The van der Waals surface area contributed by atoms with Gasteiger partial charge in [-0.2, -0.15) is 8.78 Å². The molecule has 1 heterocycles. The highest BCUT2D eigenvalue weighted by Gasteiger charge is 2.30. The molecular weight excluding hydrogens is 442 g/mol. The van der Waals surface area contributed by atoms with Crippen LogP contribution in [0.2, 0.25) is 0 Å². The van der Waals surface area contributed by atoms with Gasteiger partial charge in [0.2, 0.25) is 10.0 Å². The predicted molar refractivity (Wildman–Crippen MR) is 102 cm³/mol. The zero-order chi connectivity index (χ0) is 22.6. The van der Waals surface area contributed by atoms with Crippen LogP contribution in [0.1, 0.15) is 12.0 Å². The number of ether oxygens (including phenoxy) is 4. The number of fused-ring (bicyclic) bond motifs is 1. The second kappa shape index (κ2) is 9.31. The second-order valence-electron chi connectivity index (χ2n) is 6.26. The molecule has 0 bridgehead atoms. The van der Waals surface area contributed by atoms with E-state index in [9.17, 15) is 27.3 Å². The number of hydrogen-bond acceptors (Lipinski definition) is 8. The zero-order valence-electron chi connectivity index (χ0n) is 16.2. The minimum Gasteiger partial charge on any atom is -0.493 e. The highest BCUT2D eigenvalue weighted by Crippen LogP contribution is 2.38. The van der Waals surface area contributed by atoms with Crippen molar-refractivity contribution < 1.29 is 41.1 Å². The van der Waals surface area contributed by atoms with Crippen molar-refractivity contribution in [3.8, 4) is 23.0 Å². The quantitative estimate of drug-likeness (QED) is 0.471. The number of sulfonamides is 1. The van der Waals surface area contributed by atoms with Gasteiger partial charge < -0.3 is 18.9 Å². The lowest BCUT2D eigenvalue weighted by Gasteiger charge is -2.13. The molecule has 0 saturated carbocycles. The summed E-state index contributed by atoms with van der Waals surface area (Å²) in [5, 5.41) is 11.4. The minimum absolute atomic E-state index is 0.0291. The second-order valence-corrected chi connectivity index (χ2v) is 8.00. The van der Waals surface area contributed by atoms with Crippen molar-refractivity contribution in [1.82, 2.24) is 4.72 Å². The Kier molecular flexibility index (Phi) is 6.75. The van der Waals surface area contributed by atoms with Crippen molar-refractivity contribution in [2.45, 2.75) is 24.5 Å². The van der Waals surface area contributed by atoms with Crippen LogP contribution in [0, 0.1) is 10.1 Å². The van der Waals surface area contributed by atoms with E-state index in [4.69, 9.17) is 14.2 Å². The molecule has 0 saturated heterocycles. The standard InChI is InChI=1S/C18H18F2N2O8S/c1-27-14-7-11(3-4-13(14)30-18(19)20)10-21-31(25,26)17-9-16-15(8-12(17)22(23)24)28-5-2-6-29-16/h3-4,7-9,18,21H,2,5-6,10H2,1H3. The zero-order valence-corrected chi connectivity index (χ0v) is 17.0.